The van der Waals surface area contributed by atoms with E-state index < -0.39 is 0 Å². The first-order valence-corrected chi connectivity index (χ1v) is 6.45. The minimum Gasteiger partial charge on any atom is -0.330 e. The number of rotatable bonds is 7. The minimum absolute atomic E-state index is 0.255. The minimum atomic E-state index is 0.255. The van der Waals surface area contributed by atoms with Crippen LogP contribution in [0.2, 0.25) is 0 Å². The second-order valence-corrected chi connectivity index (χ2v) is 4.94. The summed E-state index contributed by atoms with van der Waals surface area (Å²) in [5, 5.41) is 0. The van der Waals surface area contributed by atoms with Gasteiger partial charge in [-0.05, 0) is 30.9 Å². The van der Waals surface area contributed by atoms with E-state index in [0.29, 0.717) is 18.9 Å². The van der Waals surface area contributed by atoms with Crippen LogP contribution in [0.3, 0.4) is 0 Å². The van der Waals surface area contributed by atoms with Crippen LogP contribution < -0.4 is 5.73 Å². The van der Waals surface area contributed by atoms with Gasteiger partial charge in [0.25, 0.3) is 0 Å². The molecule has 0 fully saturated rings. The molecule has 0 amide bonds. The molecule has 0 saturated carbocycles. The Kier molecular flexibility index (Phi) is 5.92. The van der Waals surface area contributed by atoms with Gasteiger partial charge in [0.15, 0.2) is 5.78 Å². The smallest absolute Gasteiger partial charge is 0.162 e. The third kappa shape index (κ3) is 5.14. The topological polar surface area (TPSA) is 43.1 Å². The molecular formula is C15H23NO. The SMILES string of the molecule is CC(C)CCCC(=O)c1ccc(CCN)cc1. The van der Waals surface area contributed by atoms with Gasteiger partial charge in [0.05, 0.1) is 0 Å². The number of benzene rings is 1. The molecule has 1 aromatic carbocycles. The van der Waals surface area contributed by atoms with Gasteiger partial charge in [-0.1, -0.05) is 44.5 Å². The number of hydrogen-bond acceptors (Lipinski definition) is 2. The van der Waals surface area contributed by atoms with Crippen molar-refractivity contribution in [3.05, 3.63) is 35.4 Å². The van der Waals surface area contributed by atoms with Crippen LogP contribution in [0.15, 0.2) is 24.3 Å². The summed E-state index contributed by atoms with van der Waals surface area (Å²) in [5.74, 6) is 0.930. The van der Waals surface area contributed by atoms with Crippen molar-refractivity contribution in [1.82, 2.24) is 0 Å². The molecule has 17 heavy (non-hydrogen) atoms. The maximum atomic E-state index is 11.9. The first-order chi connectivity index (χ1) is 8.13. The van der Waals surface area contributed by atoms with Gasteiger partial charge >= 0.3 is 0 Å². The lowest BCUT2D eigenvalue weighted by Crippen LogP contribution is -2.04. The molecule has 0 spiro atoms. The molecule has 0 aliphatic heterocycles. The number of ketones is 1. The van der Waals surface area contributed by atoms with E-state index in [4.69, 9.17) is 5.73 Å². The molecule has 94 valence electrons. The molecule has 1 rings (SSSR count). The van der Waals surface area contributed by atoms with E-state index in [2.05, 4.69) is 13.8 Å². The van der Waals surface area contributed by atoms with E-state index >= 15 is 0 Å². The molecule has 0 atom stereocenters. The van der Waals surface area contributed by atoms with Gasteiger partial charge in [-0.2, -0.15) is 0 Å². The van der Waals surface area contributed by atoms with E-state index in [-0.39, 0.29) is 5.78 Å². The quantitative estimate of drug-likeness (QED) is 0.735. The molecule has 1 aromatic rings. The van der Waals surface area contributed by atoms with Crippen molar-refractivity contribution in [2.75, 3.05) is 6.54 Å². The van der Waals surface area contributed by atoms with Crippen LogP contribution in [0.25, 0.3) is 0 Å². The predicted octanol–water partition coefficient (Wildman–Crippen LogP) is 3.20. The molecule has 2 heteroatoms. The van der Waals surface area contributed by atoms with Crippen LogP contribution >= 0.6 is 0 Å². The van der Waals surface area contributed by atoms with E-state index in [1.807, 2.05) is 24.3 Å². The summed E-state index contributed by atoms with van der Waals surface area (Å²) in [6.07, 6.45) is 3.65. The second-order valence-electron chi connectivity index (χ2n) is 4.94. The molecule has 2 N–H and O–H groups in total. The number of carbonyl (C=O) groups is 1. The average molecular weight is 233 g/mol. The Bertz CT molecular complexity index is 340. The average Bonchev–Trinajstić information content (AvgIpc) is 2.30. The number of nitrogens with two attached hydrogens (primary N) is 1. The second kappa shape index (κ2) is 7.23. The Morgan fingerprint density at radius 3 is 2.41 bits per heavy atom. The summed E-state index contributed by atoms with van der Waals surface area (Å²) in [4.78, 5) is 11.9. The molecule has 0 unspecified atom stereocenters. The zero-order valence-electron chi connectivity index (χ0n) is 10.9. The summed E-state index contributed by atoms with van der Waals surface area (Å²) in [7, 11) is 0. The number of Topliss-reactive ketones (excluding diaryl/α,β-unsaturated/α-hetero) is 1. The Morgan fingerprint density at radius 1 is 1.24 bits per heavy atom. The van der Waals surface area contributed by atoms with Crippen LogP contribution in [0.1, 0.15) is 49.0 Å². The van der Waals surface area contributed by atoms with Crippen LogP contribution in [0.5, 0.6) is 0 Å². The summed E-state index contributed by atoms with van der Waals surface area (Å²) in [6.45, 7) is 5.03. The Hall–Kier alpha value is -1.15. The van der Waals surface area contributed by atoms with Gasteiger partial charge in [-0.15, -0.1) is 0 Å². The van der Waals surface area contributed by atoms with E-state index in [9.17, 15) is 4.79 Å². The predicted molar refractivity (Wildman–Crippen MR) is 72.2 cm³/mol. The zero-order valence-corrected chi connectivity index (χ0v) is 10.9. The molecule has 0 saturated heterocycles. The van der Waals surface area contributed by atoms with Gasteiger partial charge < -0.3 is 5.73 Å². The van der Waals surface area contributed by atoms with Crippen LogP contribution in [0.4, 0.5) is 0 Å². The standard InChI is InChI=1S/C15H23NO/c1-12(2)4-3-5-15(17)14-8-6-13(7-9-14)10-11-16/h6-9,12H,3-5,10-11,16H2,1-2H3. The van der Waals surface area contributed by atoms with Crippen molar-refractivity contribution < 1.29 is 4.79 Å². The third-order valence-electron chi connectivity index (χ3n) is 2.89. The van der Waals surface area contributed by atoms with Crippen molar-refractivity contribution in [2.45, 2.75) is 39.5 Å². The first kappa shape index (κ1) is 13.9. The van der Waals surface area contributed by atoms with Crippen LogP contribution in [-0.2, 0) is 6.42 Å². The fourth-order valence-corrected chi connectivity index (χ4v) is 1.84. The number of hydrogen-bond donors (Lipinski definition) is 1. The third-order valence-corrected chi connectivity index (χ3v) is 2.89. The number of carbonyl (C=O) groups excluding carboxylic acids is 1. The summed E-state index contributed by atoms with van der Waals surface area (Å²) < 4.78 is 0. The lowest BCUT2D eigenvalue weighted by Gasteiger charge is -2.05. The van der Waals surface area contributed by atoms with Gasteiger partial charge in [0.2, 0.25) is 0 Å². The highest BCUT2D eigenvalue weighted by Gasteiger charge is 2.06. The fourth-order valence-electron chi connectivity index (χ4n) is 1.84. The molecule has 2 nitrogen and oxygen atoms in total. The van der Waals surface area contributed by atoms with Crippen molar-refractivity contribution in [1.29, 1.82) is 0 Å². The van der Waals surface area contributed by atoms with Gasteiger partial charge in [0.1, 0.15) is 0 Å². The largest absolute Gasteiger partial charge is 0.330 e. The molecular weight excluding hydrogens is 210 g/mol. The van der Waals surface area contributed by atoms with E-state index in [1.165, 1.54) is 5.56 Å². The highest BCUT2D eigenvalue weighted by Crippen LogP contribution is 2.12. The van der Waals surface area contributed by atoms with E-state index in [1.54, 1.807) is 0 Å². The van der Waals surface area contributed by atoms with Crippen molar-refractivity contribution in [3.8, 4) is 0 Å². The zero-order chi connectivity index (χ0) is 12.7. The molecule has 0 heterocycles. The van der Waals surface area contributed by atoms with Crippen molar-refractivity contribution in [2.24, 2.45) is 11.7 Å². The lowest BCUT2D eigenvalue weighted by atomic mass is 10.00. The first-order valence-electron chi connectivity index (χ1n) is 6.45. The van der Waals surface area contributed by atoms with Crippen LogP contribution in [-0.4, -0.2) is 12.3 Å². The lowest BCUT2D eigenvalue weighted by molar-refractivity contribution is 0.0978. The van der Waals surface area contributed by atoms with Crippen LogP contribution in [0, 0.1) is 5.92 Å². The van der Waals surface area contributed by atoms with Gasteiger partial charge in [-0.3, -0.25) is 4.79 Å². The Balaban J connectivity index is 2.46. The summed E-state index contributed by atoms with van der Waals surface area (Å²) in [6, 6.07) is 7.84. The Morgan fingerprint density at radius 2 is 1.88 bits per heavy atom. The molecule has 0 aromatic heterocycles. The van der Waals surface area contributed by atoms with Gasteiger partial charge in [0, 0.05) is 12.0 Å². The maximum Gasteiger partial charge on any atom is 0.162 e. The van der Waals surface area contributed by atoms with Crippen molar-refractivity contribution >= 4 is 5.78 Å². The molecule has 0 aliphatic rings. The highest BCUT2D eigenvalue weighted by molar-refractivity contribution is 5.96. The van der Waals surface area contributed by atoms with E-state index in [0.717, 1.165) is 24.8 Å². The Labute approximate surface area is 104 Å². The molecule has 0 bridgehead atoms. The summed E-state index contributed by atoms with van der Waals surface area (Å²) in [5.41, 5.74) is 7.51. The van der Waals surface area contributed by atoms with Gasteiger partial charge in [-0.25, -0.2) is 0 Å². The maximum absolute atomic E-state index is 11.9. The molecule has 0 radical (unpaired) electrons. The fraction of sp³-hybridized carbons (Fsp3) is 0.533. The molecule has 0 aliphatic carbocycles. The normalized spacial score (nSPS) is 10.8. The van der Waals surface area contributed by atoms with Crippen molar-refractivity contribution in [3.63, 3.8) is 0 Å². The summed E-state index contributed by atoms with van der Waals surface area (Å²) >= 11 is 0. The monoisotopic (exact) mass is 233 g/mol. The highest BCUT2D eigenvalue weighted by atomic mass is 16.1.